The maximum absolute atomic E-state index is 13.7. The number of phenolic OH excluding ortho intramolecular Hbond substituents is 2. The summed E-state index contributed by atoms with van der Waals surface area (Å²) in [5, 5.41) is 92.1. The van der Waals surface area contributed by atoms with Gasteiger partial charge in [-0.15, -0.1) is 0 Å². The van der Waals surface area contributed by atoms with Gasteiger partial charge in [0.15, 0.2) is 29.0 Å². The number of fused-ring (bicyclic) bond motifs is 2. The number of ether oxygens (including phenoxy) is 6. The summed E-state index contributed by atoms with van der Waals surface area (Å²) in [4.78, 5) is 13.7. The van der Waals surface area contributed by atoms with Crippen LogP contribution in [-0.2, 0) is 14.2 Å². The molecule has 0 saturated carbocycles. The predicted molar refractivity (Wildman–Crippen MR) is 143 cm³/mol. The van der Waals surface area contributed by atoms with Crippen LogP contribution in [0.1, 0.15) is 0 Å². The van der Waals surface area contributed by atoms with Crippen molar-refractivity contribution < 1.29 is 78.8 Å². The van der Waals surface area contributed by atoms with Crippen LogP contribution in [-0.4, -0.2) is 135 Å². The molecule has 2 aliphatic heterocycles. The Hall–Kier alpha value is -3.49. The molecule has 0 aliphatic carbocycles. The van der Waals surface area contributed by atoms with E-state index >= 15 is 0 Å². The lowest BCUT2D eigenvalue weighted by atomic mass is 9.97. The van der Waals surface area contributed by atoms with Gasteiger partial charge in [-0.3, -0.25) is 4.79 Å². The zero-order valence-electron chi connectivity index (χ0n) is 23.2. The van der Waals surface area contributed by atoms with Gasteiger partial charge in [-0.05, 0) is 12.1 Å². The summed E-state index contributed by atoms with van der Waals surface area (Å²) in [5.41, 5.74) is -1.34. The molecule has 0 amide bonds. The molecule has 3 heterocycles. The lowest BCUT2D eigenvalue weighted by molar-refractivity contribution is -0.352. The first-order valence-electron chi connectivity index (χ1n) is 13.3. The topological polar surface area (TPSA) is 268 Å². The molecule has 242 valence electrons. The van der Waals surface area contributed by atoms with E-state index in [1.807, 2.05) is 0 Å². The molecule has 2 aliphatic rings. The number of benzene rings is 2. The zero-order chi connectivity index (χ0) is 32.0. The second-order valence-corrected chi connectivity index (χ2v) is 10.2. The number of aliphatic hydroxyl groups excluding tert-OH is 7. The molecule has 3 aromatic rings. The number of rotatable bonds is 8. The molecule has 10 unspecified atom stereocenters. The molecule has 10 atom stereocenters. The molecule has 2 aromatic carbocycles. The standard InChI is InChI=1S/C27H32O17/c1-38-10-4-3-8(30)14-17(33)15-11(5-9(31)22(39-2)25(15)43-23(10)14)40-26-21(37)19(35)24(13(7-29)42-26)44-27-20(36)18(34)16(32)12(6-28)41-27/h3-5,12-13,16,18-21,24,26-32,34-37H,6-7H2,1-2H3. The summed E-state index contributed by atoms with van der Waals surface area (Å²) in [5.74, 6) is -1.66. The normalized spacial score (nSPS) is 32.6. The van der Waals surface area contributed by atoms with Gasteiger partial charge in [0.05, 0.1) is 27.4 Å². The first-order chi connectivity index (χ1) is 21.0. The van der Waals surface area contributed by atoms with Gasteiger partial charge in [-0.1, -0.05) is 0 Å². The third-order valence-electron chi connectivity index (χ3n) is 7.57. The Labute approximate surface area is 247 Å². The Balaban J connectivity index is 1.50. The number of hydrogen-bond donors (Lipinski definition) is 9. The number of aliphatic hydroxyl groups is 7. The van der Waals surface area contributed by atoms with Crippen molar-refractivity contribution in [3.05, 3.63) is 28.4 Å². The van der Waals surface area contributed by atoms with Crippen LogP contribution >= 0.6 is 0 Å². The van der Waals surface area contributed by atoms with Crippen LogP contribution in [0.3, 0.4) is 0 Å². The van der Waals surface area contributed by atoms with Crippen LogP contribution in [0.4, 0.5) is 0 Å². The summed E-state index contributed by atoms with van der Waals surface area (Å²) in [6, 6.07) is 3.51. The largest absolute Gasteiger partial charge is 0.507 e. The molecule has 17 heteroatoms. The second kappa shape index (κ2) is 12.5. The molecule has 17 nitrogen and oxygen atoms in total. The molecule has 1 aromatic heterocycles. The SMILES string of the molecule is COc1ccc(O)c2c(=O)c3c(OC4OC(CO)C(OC5OC(CO)C(O)C(O)C5O)C(O)C4O)cc(O)c(OC)c3oc12. The number of hydrogen-bond acceptors (Lipinski definition) is 17. The summed E-state index contributed by atoms with van der Waals surface area (Å²) in [7, 11) is 2.51. The van der Waals surface area contributed by atoms with E-state index in [2.05, 4.69) is 0 Å². The fourth-order valence-corrected chi connectivity index (χ4v) is 5.25. The van der Waals surface area contributed by atoms with Gasteiger partial charge in [0.2, 0.25) is 17.5 Å². The highest BCUT2D eigenvalue weighted by Crippen LogP contribution is 2.44. The van der Waals surface area contributed by atoms with Gasteiger partial charge in [-0.25, -0.2) is 0 Å². The van der Waals surface area contributed by atoms with E-state index in [1.165, 1.54) is 26.4 Å². The first kappa shape index (κ1) is 31.9. The van der Waals surface area contributed by atoms with Crippen molar-refractivity contribution in [2.45, 2.75) is 61.4 Å². The molecule has 44 heavy (non-hydrogen) atoms. The van der Waals surface area contributed by atoms with Crippen LogP contribution in [0.5, 0.6) is 28.7 Å². The highest BCUT2D eigenvalue weighted by atomic mass is 16.7. The number of phenols is 2. The highest BCUT2D eigenvalue weighted by molar-refractivity contribution is 6.01. The minimum absolute atomic E-state index is 0.0788. The van der Waals surface area contributed by atoms with E-state index in [0.29, 0.717) is 0 Å². The molecule has 0 spiro atoms. The molecule has 5 rings (SSSR count). The summed E-state index contributed by atoms with van der Waals surface area (Å²) < 4.78 is 38.5. The van der Waals surface area contributed by atoms with Crippen molar-refractivity contribution in [3.63, 3.8) is 0 Å². The molecule has 2 saturated heterocycles. The van der Waals surface area contributed by atoms with Gasteiger partial charge >= 0.3 is 0 Å². The lowest BCUT2D eigenvalue weighted by Crippen LogP contribution is -2.65. The second-order valence-electron chi connectivity index (χ2n) is 10.2. The maximum atomic E-state index is 13.7. The minimum atomic E-state index is -1.96. The van der Waals surface area contributed by atoms with E-state index in [-0.39, 0.29) is 33.4 Å². The zero-order valence-corrected chi connectivity index (χ0v) is 23.2. The molecule has 0 radical (unpaired) electrons. The Morgan fingerprint density at radius 2 is 1.39 bits per heavy atom. The van der Waals surface area contributed by atoms with Crippen LogP contribution in [0.25, 0.3) is 21.9 Å². The smallest absolute Gasteiger partial charge is 0.229 e. The minimum Gasteiger partial charge on any atom is -0.507 e. The third kappa shape index (κ3) is 5.26. The third-order valence-corrected chi connectivity index (χ3v) is 7.57. The average Bonchev–Trinajstić information content (AvgIpc) is 3.00. The van der Waals surface area contributed by atoms with E-state index < -0.39 is 97.3 Å². The predicted octanol–water partition coefficient (Wildman–Crippen LogP) is -2.62. The van der Waals surface area contributed by atoms with Gasteiger partial charge < -0.3 is 78.8 Å². The first-order valence-corrected chi connectivity index (χ1v) is 13.3. The lowest BCUT2D eigenvalue weighted by Gasteiger charge is -2.45. The van der Waals surface area contributed by atoms with Gasteiger partial charge in [0, 0.05) is 6.07 Å². The van der Waals surface area contributed by atoms with Crippen molar-refractivity contribution in [2.75, 3.05) is 27.4 Å². The van der Waals surface area contributed by atoms with E-state index in [4.69, 9.17) is 32.8 Å². The quantitative estimate of drug-likeness (QED) is 0.116. The number of aromatic hydroxyl groups is 2. The van der Waals surface area contributed by atoms with E-state index in [1.54, 1.807) is 0 Å². The van der Waals surface area contributed by atoms with Crippen molar-refractivity contribution in [1.29, 1.82) is 0 Å². The van der Waals surface area contributed by atoms with Gasteiger partial charge in [-0.2, -0.15) is 0 Å². The molecular weight excluding hydrogens is 596 g/mol. The average molecular weight is 629 g/mol. The summed E-state index contributed by atoms with van der Waals surface area (Å²) >= 11 is 0. The molecule has 9 N–H and O–H groups in total. The summed E-state index contributed by atoms with van der Waals surface area (Å²) in [6.07, 6.45) is -17.2. The molecular formula is C27H32O17. The van der Waals surface area contributed by atoms with Crippen LogP contribution in [0, 0.1) is 0 Å². The van der Waals surface area contributed by atoms with Crippen molar-refractivity contribution in [1.82, 2.24) is 0 Å². The van der Waals surface area contributed by atoms with Crippen LogP contribution in [0.2, 0.25) is 0 Å². The Bertz CT molecular complexity index is 1550. The Morgan fingerprint density at radius 3 is 2.02 bits per heavy atom. The van der Waals surface area contributed by atoms with Crippen molar-refractivity contribution in [3.8, 4) is 28.7 Å². The Kier molecular flexibility index (Phi) is 9.06. The van der Waals surface area contributed by atoms with E-state index in [0.717, 1.165) is 6.07 Å². The fraction of sp³-hybridized carbons (Fsp3) is 0.519. The van der Waals surface area contributed by atoms with Crippen LogP contribution < -0.4 is 19.6 Å². The molecule has 2 fully saturated rings. The van der Waals surface area contributed by atoms with Gasteiger partial charge in [0.25, 0.3) is 0 Å². The summed E-state index contributed by atoms with van der Waals surface area (Å²) in [6.45, 7) is -1.60. The van der Waals surface area contributed by atoms with E-state index in [9.17, 15) is 50.8 Å². The monoisotopic (exact) mass is 628 g/mol. The molecule has 0 bridgehead atoms. The Morgan fingerprint density at radius 1 is 0.727 bits per heavy atom. The van der Waals surface area contributed by atoms with Gasteiger partial charge in [0.1, 0.15) is 71.1 Å². The highest BCUT2D eigenvalue weighted by Gasteiger charge is 2.51. The fourth-order valence-electron chi connectivity index (χ4n) is 5.25. The van der Waals surface area contributed by atoms with Crippen molar-refractivity contribution in [2.24, 2.45) is 0 Å². The van der Waals surface area contributed by atoms with Crippen molar-refractivity contribution >= 4 is 21.9 Å². The maximum Gasteiger partial charge on any atom is 0.229 e. The number of methoxy groups -OCH3 is 2. The van der Waals surface area contributed by atoms with Crippen LogP contribution in [0.15, 0.2) is 27.4 Å².